The van der Waals surface area contributed by atoms with Crippen LogP contribution in [0.4, 0.5) is 0 Å². The van der Waals surface area contributed by atoms with Gasteiger partial charge in [0.25, 0.3) is 0 Å². The van der Waals surface area contributed by atoms with E-state index in [2.05, 4.69) is 48.5 Å². The molecular formula is C41H24N6O. The fourth-order valence-electron chi connectivity index (χ4n) is 6.65. The van der Waals surface area contributed by atoms with E-state index in [0.717, 1.165) is 76.9 Å². The monoisotopic (exact) mass is 616 g/mol. The summed E-state index contributed by atoms with van der Waals surface area (Å²) in [6.45, 7) is 0. The lowest BCUT2D eigenvalue weighted by molar-refractivity contribution is 0.669. The van der Waals surface area contributed by atoms with E-state index >= 15 is 0 Å². The Balaban J connectivity index is 1.18. The third-order valence-electron chi connectivity index (χ3n) is 8.91. The predicted molar refractivity (Wildman–Crippen MR) is 191 cm³/mol. The van der Waals surface area contributed by atoms with Gasteiger partial charge in [-0.05, 0) is 52.6 Å². The molecular weight excluding hydrogens is 592 g/mol. The van der Waals surface area contributed by atoms with Crippen LogP contribution in [0.5, 0.6) is 0 Å². The number of hydrogen-bond donors (Lipinski definition) is 0. The zero-order valence-corrected chi connectivity index (χ0v) is 25.4. The van der Waals surface area contributed by atoms with Crippen molar-refractivity contribution in [2.45, 2.75) is 0 Å². The maximum absolute atomic E-state index is 6.20. The lowest BCUT2D eigenvalue weighted by atomic mass is 9.99. The van der Waals surface area contributed by atoms with Crippen molar-refractivity contribution in [1.82, 2.24) is 29.9 Å². The summed E-state index contributed by atoms with van der Waals surface area (Å²) in [5.74, 6) is 1.80. The van der Waals surface area contributed by atoms with Crippen molar-refractivity contribution in [3.05, 3.63) is 146 Å². The molecule has 0 aliphatic carbocycles. The molecule has 224 valence electrons. The van der Waals surface area contributed by atoms with E-state index in [9.17, 15) is 0 Å². The molecule has 0 fully saturated rings. The van der Waals surface area contributed by atoms with Gasteiger partial charge in [-0.1, -0.05) is 109 Å². The van der Waals surface area contributed by atoms with Crippen molar-refractivity contribution in [3.63, 3.8) is 0 Å². The Bertz CT molecular complexity index is 2840. The summed E-state index contributed by atoms with van der Waals surface area (Å²) in [5, 5.41) is 16.1. The van der Waals surface area contributed by atoms with Gasteiger partial charge in [0.2, 0.25) is 0 Å². The fourth-order valence-corrected chi connectivity index (χ4v) is 6.65. The molecule has 0 aliphatic heterocycles. The molecule has 0 N–H and O–H groups in total. The molecule has 0 radical (unpaired) electrons. The molecule has 48 heavy (non-hydrogen) atoms. The maximum Gasteiger partial charge on any atom is 0.164 e. The summed E-state index contributed by atoms with van der Waals surface area (Å²) in [6.07, 6.45) is 0. The van der Waals surface area contributed by atoms with E-state index in [1.54, 1.807) is 4.80 Å². The Labute approximate surface area is 273 Å². The van der Waals surface area contributed by atoms with E-state index in [0.29, 0.717) is 17.5 Å². The Morgan fingerprint density at radius 2 is 1.17 bits per heavy atom. The summed E-state index contributed by atoms with van der Waals surface area (Å²) < 4.78 is 6.20. The SMILES string of the molecule is c1ccc(-c2nc(-c3ccc4c(ccc5ccc6nn(-c7ccccc7)nc6c54)c3)nc(-c3cccc4oc5ccccc5c34)n2)cc1. The number of benzene rings is 7. The molecule has 0 saturated heterocycles. The lowest BCUT2D eigenvalue weighted by Gasteiger charge is -2.10. The molecule has 0 bridgehead atoms. The highest BCUT2D eigenvalue weighted by atomic mass is 16.3. The zero-order valence-electron chi connectivity index (χ0n) is 25.4. The van der Waals surface area contributed by atoms with Crippen LogP contribution in [0.3, 0.4) is 0 Å². The molecule has 7 nitrogen and oxygen atoms in total. The largest absolute Gasteiger partial charge is 0.456 e. The highest BCUT2D eigenvalue weighted by molar-refractivity contribution is 6.18. The van der Waals surface area contributed by atoms with Gasteiger partial charge in [-0.15, -0.1) is 10.2 Å². The highest BCUT2D eigenvalue weighted by Gasteiger charge is 2.18. The molecule has 10 rings (SSSR count). The van der Waals surface area contributed by atoms with Crippen molar-refractivity contribution in [1.29, 1.82) is 0 Å². The number of rotatable bonds is 4. The Morgan fingerprint density at radius 3 is 2.04 bits per heavy atom. The van der Waals surface area contributed by atoms with Crippen LogP contribution in [0.2, 0.25) is 0 Å². The van der Waals surface area contributed by atoms with Gasteiger partial charge in [0, 0.05) is 32.8 Å². The van der Waals surface area contributed by atoms with E-state index in [4.69, 9.17) is 29.6 Å². The number of para-hydroxylation sites is 2. The Kier molecular flexibility index (Phi) is 5.74. The van der Waals surface area contributed by atoms with Gasteiger partial charge in [-0.2, -0.15) is 4.80 Å². The Hall–Kier alpha value is -6.73. The van der Waals surface area contributed by atoms with Crippen molar-refractivity contribution < 1.29 is 4.42 Å². The molecule has 7 aromatic carbocycles. The van der Waals surface area contributed by atoms with Crippen molar-refractivity contribution >= 4 is 54.5 Å². The summed E-state index contributed by atoms with van der Waals surface area (Å²) in [4.78, 5) is 16.8. The number of fused-ring (bicyclic) bond motifs is 8. The normalized spacial score (nSPS) is 11.8. The first-order valence-corrected chi connectivity index (χ1v) is 15.8. The zero-order chi connectivity index (χ0) is 31.6. The average molecular weight is 617 g/mol. The van der Waals surface area contributed by atoms with Crippen LogP contribution >= 0.6 is 0 Å². The molecule has 7 heteroatoms. The molecule has 3 aromatic heterocycles. The molecule has 0 unspecified atom stereocenters. The minimum absolute atomic E-state index is 0.592. The second-order valence-corrected chi connectivity index (χ2v) is 11.8. The second-order valence-electron chi connectivity index (χ2n) is 11.8. The number of aromatic nitrogens is 6. The van der Waals surface area contributed by atoms with Crippen LogP contribution < -0.4 is 0 Å². The molecule has 0 saturated carbocycles. The van der Waals surface area contributed by atoms with Gasteiger partial charge in [0.1, 0.15) is 22.2 Å². The van der Waals surface area contributed by atoms with Gasteiger partial charge >= 0.3 is 0 Å². The first kappa shape index (κ1) is 26.5. The van der Waals surface area contributed by atoms with Crippen molar-refractivity contribution in [2.75, 3.05) is 0 Å². The molecule has 10 aromatic rings. The number of furan rings is 1. The van der Waals surface area contributed by atoms with Crippen LogP contribution in [-0.2, 0) is 0 Å². The maximum atomic E-state index is 6.20. The van der Waals surface area contributed by atoms with Crippen LogP contribution in [-0.4, -0.2) is 29.9 Å². The first-order chi connectivity index (χ1) is 23.8. The Morgan fingerprint density at radius 1 is 0.458 bits per heavy atom. The summed E-state index contributed by atoms with van der Waals surface area (Å²) in [5.41, 5.74) is 6.97. The summed E-state index contributed by atoms with van der Waals surface area (Å²) >= 11 is 0. The minimum Gasteiger partial charge on any atom is -0.456 e. The second kappa shape index (κ2) is 10.4. The molecule has 0 aliphatic rings. The molecule has 3 heterocycles. The van der Waals surface area contributed by atoms with Gasteiger partial charge in [0.15, 0.2) is 17.5 Å². The van der Waals surface area contributed by atoms with Crippen LogP contribution in [0.25, 0.3) is 94.4 Å². The third-order valence-corrected chi connectivity index (χ3v) is 8.91. The predicted octanol–water partition coefficient (Wildman–Crippen LogP) is 9.81. The summed E-state index contributed by atoms with van der Waals surface area (Å²) in [7, 11) is 0. The highest BCUT2D eigenvalue weighted by Crippen LogP contribution is 2.37. The van der Waals surface area contributed by atoms with Gasteiger partial charge in [-0.25, -0.2) is 15.0 Å². The van der Waals surface area contributed by atoms with E-state index in [-0.39, 0.29) is 0 Å². The smallest absolute Gasteiger partial charge is 0.164 e. The average Bonchev–Trinajstić information content (AvgIpc) is 3.77. The van der Waals surface area contributed by atoms with E-state index < -0.39 is 0 Å². The van der Waals surface area contributed by atoms with Gasteiger partial charge < -0.3 is 4.42 Å². The molecule has 0 amide bonds. The van der Waals surface area contributed by atoms with Crippen molar-refractivity contribution in [3.8, 4) is 39.9 Å². The standard InChI is InChI=1S/C41H24N6O/c1-3-10-26(11-4-1)39-42-40(44-41(43-39)32-15-9-17-35-37(32)31-14-7-8-16-34(31)48-35)28-20-22-30-27(24-28)19-18-25-21-23-33-38(36(25)30)46-47(45-33)29-12-5-2-6-13-29/h1-24H. The molecule has 0 spiro atoms. The van der Waals surface area contributed by atoms with E-state index in [1.165, 1.54) is 0 Å². The fraction of sp³-hybridized carbons (Fsp3) is 0. The quantitative estimate of drug-likeness (QED) is 0.183. The van der Waals surface area contributed by atoms with Gasteiger partial charge in [0.05, 0.1) is 5.69 Å². The first-order valence-electron chi connectivity index (χ1n) is 15.8. The number of hydrogen-bond acceptors (Lipinski definition) is 6. The van der Waals surface area contributed by atoms with Crippen LogP contribution in [0, 0.1) is 0 Å². The lowest BCUT2D eigenvalue weighted by Crippen LogP contribution is -2.00. The van der Waals surface area contributed by atoms with Crippen LogP contribution in [0.1, 0.15) is 0 Å². The minimum atomic E-state index is 0.592. The molecule has 0 atom stereocenters. The van der Waals surface area contributed by atoms with Crippen molar-refractivity contribution in [2.24, 2.45) is 0 Å². The summed E-state index contributed by atoms with van der Waals surface area (Å²) in [6, 6.07) is 48.9. The topological polar surface area (TPSA) is 82.5 Å². The third kappa shape index (κ3) is 4.18. The van der Waals surface area contributed by atoms with Crippen LogP contribution in [0.15, 0.2) is 150 Å². The number of nitrogens with zero attached hydrogens (tertiary/aromatic N) is 6. The van der Waals surface area contributed by atoms with Gasteiger partial charge in [-0.3, -0.25) is 0 Å². The van der Waals surface area contributed by atoms with E-state index in [1.807, 2.05) is 97.1 Å².